The molecular weight excluding hydrogens is 576 g/mol. The fraction of sp³-hybridized carbons (Fsp3) is 0.286. The molecule has 0 saturated heterocycles. The van der Waals surface area contributed by atoms with E-state index in [-0.39, 0.29) is 17.9 Å². The van der Waals surface area contributed by atoms with E-state index in [1.807, 2.05) is 12.3 Å². The Bertz CT molecular complexity index is 2530. The van der Waals surface area contributed by atoms with Crippen molar-refractivity contribution in [3.8, 4) is 11.4 Å². The third-order valence-corrected chi connectivity index (χ3v) is 9.51. The molecular formula is C42H42N4O. The Kier molecular flexibility index (Phi) is 5.74. The van der Waals surface area contributed by atoms with Crippen LogP contribution >= 0.6 is 0 Å². The quantitative estimate of drug-likeness (QED) is 0.196. The van der Waals surface area contributed by atoms with Gasteiger partial charge in [0.25, 0.3) is 0 Å². The van der Waals surface area contributed by atoms with Gasteiger partial charge < -0.3 is 9.30 Å². The van der Waals surface area contributed by atoms with Gasteiger partial charge in [0, 0.05) is 48.8 Å². The Morgan fingerprint density at radius 1 is 0.809 bits per heavy atom. The highest BCUT2D eigenvalue weighted by Crippen LogP contribution is 2.39. The number of aryl methyl sites for hydroxylation is 1. The molecule has 4 heterocycles. The van der Waals surface area contributed by atoms with E-state index in [0.29, 0.717) is 5.90 Å². The third-order valence-electron chi connectivity index (χ3n) is 9.51. The van der Waals surface area contributed by atoms with Crippen molar-refractivity contribution in [1.29, 1.82) is 0 Å². The number of nitrogens with zero attached hydrogens (tertiary/aromatic N) is 4. The van der Waals surface area contributed by atoms with Gasteiger partial charge in [-0.3, -0.25) is 4.57 Å². The smallest absolute Gasteiger partial charge is 0.216 e. The first-order valence-corrected chi connectivity index (χ1v) is 16.5. The van der Waals surface area contributed by atoms with E-state index in [1.54, 1.807) is 6.92 Å². The summed E-state index contributed by atoms with van der Waals surface area (Å²) in [5, 5.41) is 4.63. The zero-order valence-corrected chi connectivity index (χ0v) is 28.1. The Morgan fingerprint density at radius 3 is 2.36 bits per heavy atom. The van der Waals surface area contributed by atoms with E-state index in [1.165, 1.54) is 21.9 Å². The Hall–Kier alpha value is -4.90. The lowest BCUT2D eigenvalue weighted by molar-refractivity contribution is 0.279. The van der Waals surface area contributed by atoms with Crippen molar-refractivity contribution in [3.05, 3.63) is 113 Å². The zero-order chi connectivity index (χ0) is 35.3. The maximum absolute atomic E-state index is 8.10. The van der Waals surface area contributed by atoms with Crippen molar-refractivity contribution in [2.75, 3.05) is 6.61 Å². The van der Waals surface area contributed by atoms with Crippen LogP contribution in [0.5, 0.6) is 0 Å². The van der Waals surface area contributed by atoms with Gasteiger partial charge in [-0.05, 0) is 110 Å². The summed E-state index contributed by atoms with van der Waals surface area (Å²) in [6, 6.07) is 30.6. The normalized spacial score (nSPS) is 18.2. The van der Waals surface area contributed by atoms with Crippen LogP contribution in [0.4, 0.5) is 0 Å². The molecule has 5 heteroatoms. The average Bonchev–Trinajstić information content (AvgIpc) is 3.73. The van der Waals surface area contributed by atoms with Crippen molar-refractivity contribution in [2.24, 2.45) is 4.99 Å². The molecule has 0 radical (unpaired) electrons. The topological polar surface area (TPSA) is 44.3 Å². The summed E-state index contributed by atoms with van der Waals surface area (Å²) in [4.78, 5) is 9.57. The van der Waals surface area contributed by atoms with Gasteiger partial charge in [0.1, 0.15) is 12.3 Å². The van der Waals surface area contributed by atoms with E-state index in [2.05, 4.69) is 135 Å². The number of pyridine rings is 1. The third kappa shape index (κ3) is 4.83. The van der Waals surface area contributed by atoms with Gasteiger partial charge in [0.05, 0.1) is 22.1 Å². The van der Waals surface area contributed by atoms with Gasteiger partial charge in [0.2, 0.25) is 5.90 Å². The molecule has 0 unspecified atom stereocenters. The van der Waals surface area contributed by atoms with Gasteiger partial charge >= 0.3 is 0 Å². The molecule has 0 fully saturated rings. The van der Waals surface area contributed by atoms with Crippen LogP contribution in [0.3, 0.4) is 0 Å². The zero-order valence-electron chi connectivity index (χ0n) is 31.1. The highest BCUT2D eigenvalue weighted by Gasteiger charge is 2.28. The van der Waals surface area contributed by atoms with E-state index in [0.717, 1.165) is 55.5 Å². The summed E-state index contributed by atoms with van der Waals surface area (Å²) in [6.45, 7) is 12.6. The molecule has 8 rings (SSSR count). The average molecular weight is 622 g/mol. The maximum Gasteiger partial charge on any atom is 0.216 e. The van der Waals surface area contributed by atoms with Crippen LogP contribution in [0, 0.1) is 6.92 Å². The molecule has 0 amide bonds. The van der Waals surface area contributed by atoms with Crippen molar-refractivity contribution >= 4 is 49.6 Å². The number of ether oxygens (including phenoxy) is 1. The molecule has 236 valence electrons. The molecule has 1 atom stereocenters. The van der Waals surface area contributed by atoms with Crippen molar-refractivity contribution in [2.45, 2.75) is 72.2 Å². The van der Waals surface area contributed by atoms with Crippen LogP contribution in [0.1, 0.15) is 80.7 Å². The fourth-order valence-electron chi connectivity index (χ4n) is 6.98. The SMILES string of the molecule is [2H]C([2H])([2H])[C@]1(C)COC(c2cc(C(C)C)cc(-n3c4ccc(C)cc4c4ccc(-n5c6ccc(C(C)(C)C)cc6c6cccnc65)cc43)c2)=N1. The number of aromatic nitrogens is 3. The van der Waals surface area contributed by atoms with Gasteiger partial charge in [-0.1, -0.05) is 58.4 Å². The maximum atomic E-state index is 8.10. The second kappa shape index (κ2) is 10.3. The number of hydrogen-bond donors (Lipinski definition) is 0. The molecule has 5 nitrogen and oxygen atoms in total. The van der Waals surface area contributed by atoms with Crippen molar-refractivity contribution in [3.63, 3.8) is 0 Å². The second-order valence-electron chi connectivity index (χ2n) is 14.7. The minimum Gasteiger partial charge on any atom is -0.475 e. The number of fused-ring (bicyclic) bond motifs is 6. The van der Waals surface area contributed by atoms with E-state index in [4.69, 9.17) is 13.8 Å². The minimum atomic E-state index is -2.27. The summed E-state index contributed by atoms with van der Waals surface area (Å²) in [7, 11) is 0. The molecule has 3 aromatic heterocycles. The van der Waals surface area contributed by atoms with Crippen LogP contribution in [-0.2, 0) is 10.2 Å². The van der Waals surface area contributed by atoms with Crippen LogP contribution in [-0.4, -0.2) is 32.2 Å². The highest BCUT2D eigenvalue weighted by atomic mass is 16.5. The van der Waals surface area contributed by atoms with Crippen LogP contribution in [0.25, 0.3) is 55.1 Å². The van der Waals surface area contributed by atoms with Gasteiger partial charge in [0.15, 0.2) is 0 Å². The number of rotatable bonds is 4. The largest absolute Gasteiger partial charge is 0.475 e. The molecule has 0 spiro atoms. The molecule has 0 bridgehead atoms. The molecule has 4 aromatic carbocycles. The summed E-state index contributed by atoms with van der Waals surface area (Å²) < 4.78 is 34.9. The summed E-state index contributed by atoms with van der Waals surface area (Å²) >= 11 is 0. The van der Waals surface area contributed by atoms with Crippen LogP contribution < -0.4 is 0 Å². The molecule has 7 aromatic rings. The molecule has 1 aliphatic heterocycles. The summed E-state index contributed by atoms with van der Waals surface area (Å²) in [5.74, 6) is 0.591. The lowest BCUT2D eigenvalue weighted by Crippen LogP contribution is -2.17. The number of aliphatic imine (C=N–C) groups is 1. The van der Waals surface area contributed by atoms with E-state index >= 15 is 0 Å². The first-order chi connectivity index (χ1) is 23.6. The summed E-state index contributed by atoms with van der Waals surface area (Å²) in [5.41, 5.74) is 9.28. The summed E-state index contributed by atoms with van der Waals surface area (Å²) in [6.07, 6.45) is 1.87. The highest BCUT2D eigenvalue weighted by molar-refractivity contribution is 6.12. The monoisotopic (exact) mass is 621 g/mol. The predicted molar refractivity (Wildman–Crippen MR) is 197 cm³/mol. The molecule has 47 heavy (non-hydrogen) atoms. The van der Waals surface area contributed by atoms with Gasteiger partial charge in [-0.25, -0.2) is 9.98 Å². The van der Waals surface area contributed by atoms with Gasteiger partial charge in [-0.2, -0.15) is 0 Å². The molecule has 0 saturated carbocycles. The molecule has 0 aliphatic carbocycles. The molecule has 0 N–H and O–H groups in total. The van der Waals surface area contributed by atoms with Gasteiger partial charge in [-0.15, -0.1) is 0 Å². The van der Waals surface area contributed by atoms with E-state index < -0.39 is 12.4 Å². The fourth-order valence-corrected chi connectivity index (χ4v) is 6.98. The number of benzene rings is 4. The number of hydrogen-bond acceptors (Lipinski definition) is 3. The lowest BCUT2D eigenvalue weighted by Gasteiger charge is -2.19. The second-order valence-corrected chi connectivity index (χ2v) is 14.7. The molecule has 1 aliphatic rings. The van der Waals surface area contributed by atoms with E-state index in [9.17, 15) is 0 Å². The van der Waals surface area contributed by atoms with Crippen molar-refractivity contribution in [1.82, 2.24) is 14.1 Å². The first kappa shape index (κ1) is 26.2. The standard InChI is InChI=1S/C42H42N4O/c1-25(2)27-19-28(40-44-42(7,8)24-47-40)21-31(20-27)45-36-15-11-26(3)18-34(36)32-14-13-30(23-38(32)45)46-37-16-12-29(41(4,5)6)22-35(37)33-10-9-17-43-39(33)46/h9-23,25H,24H2,1-8H3/i7D3/t42-/m0/s1. The minimum absolute atomic E-state index is 0.0160. The first-order valence-electron chi connectivity index (χ1n) is 18.0. The van der Waals surface area contributed by atoms with Crippen LogP contribution in [0.15, 0.2) is 96.1 Å². The van der Waals surface area contributed by atoms with Crippen molar-refractivity contribution < 1.29 is 8.85 Å². The Morgan fingerprint density at radius 2 is 1.60 bits per heavy atom. The van der Waals surface area contributed by atoms with Crippen LogP contribution in [0.2, 0.25) is 0 Å². The Labute approximate surface area is 280 Å². The lowest BCUT2D eigenvalue weighted by atomic mass is 9.86. The predicted octanol–water partition coefficient (Wildman–Crippen LogP) is 10.6. The Balaban J connectivity index is 1.40.